The van der Waals surface area contributed by atoms with Crippen molar-refractivity contribution in [3.63, 3.8) is 0 Å². The average molecular weight is 257 g/mol. The summed E-state index contributed by atoms with van der Waals surface area (Å²) < 4.78 is 0.850. The van der Waals surface area contributed by atoms with E-state index in [4.69, 9.17) is 5.73 Å². The van der Waals surface area contributed by atoms with Gasteiger partial charge >= 0.3 is 0 Å². The summed E-state index contributed by atoms with van der Waals surface area (Å²) in [6.45, 7) is 3.39. The number of halogens is 1. The Balaban J connectivity index is 2.95. The van der Waals surface area contributed by atoms with Crippen molar-refractivity contribution in [1.82, 2.24) is 0 Å². The van der Waals surface area contributed by atoms with E-state index in [9.17, 15) is 4.79 Å². The molecule has 0 radical (unpaired) electrons. The highest BCUT2D eigenvalue weighted by atomic mass is 79.9. The lowest BCUT2D eigenvalue weighted by atomic mass is 10.1. The molecule has 76 valence electrons. The molecule has 0 unspecified atom stereocenters. The third kappa shape index (κ3) is 2.82. The van der Waals surface area contributed by atoms with E-state index in [0.29, 0.717) is 0 Å². The van der Waals surface area contributed by atoms with Crippen molar-refractivity contribution in [1.29, 1.82) is 0 Å². The van der Waals surface area contributed by atoms with Crippen molar-refractivity contribution in [2.24, 2.45) is 5.73 Å². The molecule has 1 aromatic rings. The molecule has 3 nitrogen and oxygen atoms in total. The van der Waals surface area contributed by atoms with Gasteiger partial charge in [-0.25, -0.2) is 0 Å². The summed E-state index contributed by atoms with van der Waals surface area (Å²) in [6, 6.07) is 5.65. The van der Waals surface area contributed by atoms with E-state index in [1.54, 1.807) is 0 Å². The number of nitrogens with two attached hydrogens (primary N) is 1. The molecule has 1 rings (SSSR count). The highest BCUT2D eigenvalue weighted by Crippen LogP contribution is 2.25. The van der Waals surface area contributed by atoms with Crippen LogP contribution < -0.4 is 11.1 Å². The molecule has 0 saturated heterocycles. The lowest BCUT2D eigenvalue weighted by Crippen LogP contribution is -2.08. The first kappa shape index (κ1) is 11.2. The number of hydrogen-bond donors (Lipinski definition) is 2. The van der Waals surface area contributed by atoms with Gasteiger partial charge in [0.2, 0.25) is 5.91 Å². The maximum absolute atomic E-state index is 10.8. The molecule has 14 heavy (non-hydrogen) atoms. The number of nitrogens with one attached hydrogen (secondary N) is 1. The number of hydrogen-bond acceptors (Lipinski definition) is 2. The molecule has 0 heterocycles. The number of rotatable bonds is 2. The molecule has 0 aromatic heterocycles. The standard InChI is InChI=1S/C10H13BrN2O/c1-6(12)8-3-4-10(9(11)5-8)13-7(2)14/h3-6H,12H2,1-2H3,(H,13,14)/t6-/m0/s1. The van der Waals surface area contributed by atoms with Crippen LogP contribution in [0, 0.1) is 0 Å². The monoisotopic (exact) mass is 256 g/mol. The summed E-state index contributed by atoms with van der Waals surface area (Å²) in [4.78, 5) is 10.8. The van der Waals surface area contributed by atoms with E-state index in [0.717, 1.165) is 15.7 Å². The molecule has 0 saturated carbocycles. The number of anilines is 1. The maximum atomic E-state index is 10.8. The fraction of sp³-hybridized carbons (Fsp3) is 0.300. The van der Waals surface area contributed by atoms with Gasteiger partial charge in [0.15, 0.2) is 0 Å². The van der Waals surface area contributed by atoms with Gasteiger partial charge in [0.05, 0.1) is 5.69 Å². The zero-order valence-corrected chi connectivity index (χ0v) is 9.76. The SMILES string of the molecule is CC(=O)Nc1ccc([C@H](C)N)cc1Br. The van der Waals surface area contributed by atoms with E-state index in [1.807, 2.05) is 25.1 Å². The van der Waals surface area contributed by atoms with E-state index < -0.39 is 0 Å². The second-order valence-corrected chi connectivity index (χ2v) is 4.06. The summed E-state index contributed by atoms with van der Waals surface area (Å²) in [6.07, 6.45) is 0. The highest BCUT2D eigenvalue weighted by molar-refractivity contribution is 9.10. The molecule has 1 aromatic carbocycles. The molecule has 1 amide bonds. The topological polar surface area (TPSA) is 55.1 Å². The van der Waals surface area contributed by atoms with Crippen LogP contribution in [0.3, 0.4) is 0 Å². The van der Waals surface area contributed by atoms with Crippen LogP contribution in [0.1, 0.15) is 25.5 Å². The Morgan fingerprint density at radius 1 is 1.57 bits per heavy atom. The molecule has 0 fully saturated rings. The Hall–Kier alpha value is -0.870. The van der Waals surface area contributed by atoms with Gasteiger partial charge in [0.25, 0.3) is 0 Å². The number of carbonyl (C=O) groups excluding carboxylic acids is 1. The zero-order chi connectivity index (χ0) is 10.7. The molecule has 0 aliphatic carbocycles. The van der Waals surface area contributed by atoms with E-state index >= 15 is 0 Å². The largest absolute Gasteiger partial charge is 0.325 e. The first-order valence-corrected chi connectivity index (χ1v) is 5.12. The predicted molar refractivity (Wildman–Crippen MR) is 61.0 cm³/mol. The number of benzene rings is 1. The maximum Gasteiger partial charge on any atom is 0.221 e. The second kappa shape index (κ2) is 4.57. The van der Waals surface area contributed by atoms with Gasteiger partial charge in [-0.15, -0.1) is 0 Å². The Morgan fingerprint density at radius 2 is 2.21 bits per heavy atom. The summed E-state index contributed by atoms with van der Waals surface area (Å²) >= 11 is 3.37. The summed E-state index contributed by atoms with van der Waals surface area (Å²) in [7, 11) is 0. The van der Waals surface area contributed by atoms with Crippen LogP contribution >= 0.6 is 15.9 Å². The first-order chi connectivity index (χ1) is 6.50. The predicted octanol–water partition coefficient (Wildman–Crippen LogP) is 2.43. The fourth-order valence-electron chi connectivity index (χ4n) is 1.11. The third-order valence-electron chi connectivity index (χ3n) is 1.83. The lowest BCUT2D eigenvalue weighted by molar-refractivity contribution is -0.114. The van der Waals surface area contributed by atoms with Crippen LogP contribution in [0.4, 0.5) is 5.69 Å². The first-order valence-electron chi connectivity index (χ1n) is 4.33. The highest BCUT2D eigenvalue weighted by Gasteiger charge is 2.05. The Labute approximate surface area is 91.8 Å². The number of amides is 1. The van der Waals surface area contributed by atoms with Gasteiger partial charge in [-0.3, -0.25) is 4.79 Å². The van der Waals surface area contributed by atoms with E-state index in [2.05, 4.69) is 21.2 Å². The van der Waals surface area contributed by atoms with Crippen molar-refractivity contribution in [3.8, 4) is 0 Å². The van der Waals surface area contributed by atoms with Gasteiger partial charge in [-0.2, -0.15) is 0 Å². The van der Waals surface area contributed by atoms with Crippen LogP contribution in [0.15, 0.2) is 22.7 Å². The Bertz CT molecular complexity index is 350. The van der Waals surface area contributed by atoms with Gasteiger partial charge in [0, 0.05) is 17.4 Å². The van der Waals surface area contributed by atoms with Crippen molar-refractivity contribution in [3.05, 3.63) is 28.2 Å². The van der Waals surface area contributed by atoms with Crippen LogP contribution in [-0.4, -0.2) is 5.91 Å². The minimum absolute atomic E-state index is 0.00215. The van der Waals surface area contributed by atoms with Crippen LogP contribution in [0.2, 0.25) is 0 Å². The lowest BCUT2D eigenvalue weighted by Gasteiger charge is -2.09. The van der Waals surface area contributed by atoms with Crippen LogP contribution in [0.25, 0.3) is 0 Å². The smallest absolute Gasteiger partial charge is 0.221 e. The second-order valence-electron chi connectivity index (χ2n) is 3.21. The van der Waals surface area contributed by atoms with Gasteiger partial charge in [0.1, 0.15) is 0 Å². The van der Waals surface area contributed by atoms with Gasteiger partial charge in [-0.1, -0.05) is 6.07 Å². The molecule has 0 aliphatic heterocycles. The van der Waals surface area contributed by atoms with Crippen molar-refractivity contribution >= 4 is 27.5 Å². The van der Waals surface area contributed by atoms with E-state index in [1.165, 1.54) is 6.92 Å². The van der Waals surface area contributed by atoms with E-state index in [-0.39, 0.29) is 11.9 Å². The average Bonchev–Trinajstić information content (AvgIpc) is 2.07. The fourth-order valence-corrected chi connectivity index (χ4v) is 1.60. The summed E-state index contributed by atoms with van der Waals surface area (Å²) in [5.41, 5.74) is 7.52. The van der Waals surface area contributed by atoms with Gasteiger partial charge < -0.3 is 11.1 Å². The molecule has 0 bridgehead atoms. The third-order valence-corrected chi connectivity index (χ3v) is 2.49. The number of carbonyl (C=O) groups is 1. The molecular formula is C10H13BrN2O. The normalized spacial score (nSPS) is 12.3. The van der Waals surface area contributed by atoms with Crippen LogP contribution in [0.5, 0.6) is 0 Å². The minimum atomic E-state index is -0.0840. The molecular weight excluding hydrogens is 244 g/mol. The molecule has 0 aliphatic rings. The summed E-state index contributed by atoms with van der Waals surface area (Å²) in [5.74, 6) is -0.0840. The minimum Gasteiger partial charge on any atom is -0.325 e. The van der Waals surface area contributed by atoms with Crippen LogP contribution in [-0.2, 0) is 4.79 Å². The van der Waals surface area contributed by atoms with Crippen molar-refractivity contribution < 1.29 is 4.79 Å². The quantitative estimate of drug-likeness (QED) is 0.854. The summed E-state index contributed by atoms with van der Waals surface area (Å²) in [5, 5.41) is 2.71. The Kier molecular flexibility index (Phi) is 3.66. The zero-order valence-electron chi connectivity index (χ0n) is 8.17. The molecule has 0 spiro atoms. The van der Waals surface area contributed by atoms with Crippen molar-refractivity contribution in [2.75, 3.05) is 5.32 Å². The molecule has 4 heteroatoms. The molecule has 1 atom stereocenters. The van der Waals surface area contributed by atoms with Crippen molar-refractivity contribution in [2.45, 2.75) is 19.9 Å². The Morgan fingerprint density at radius 3 is 2.64 bits per heavy atom. The molecule has 3 N–H and O–H groups in total. The van der Waals surface area contributed by atoms with Gasteiger partial charge in [-0.05, 0) is 40.5 Å².